The Morgan fingerprint density at radius 2 is 1.94 bits per heavy atom. The van der Waals surface area contributed by atoms with E-state index in [4.69, 9.17) is 23.2 Å². The third kappa shape index (κ3) is 9.59. The minimum absolute atomic E-state index is 0.147. The van der Waals surface area contributed by atoms with E-state index < -0.39 is 10.1 Å². The van der Waals surface area contributed by atoms with Gasteiger partial charge >= 0.3 is 0 Å². The first-order valence-electron chi connectivity index (χ1n) is 4.54. The second-order valence-corrected chi connectivity index (χ2v) is 4.45. The highest BCUT2D eigenvalue weighted by Crippen LogP contribution is 1.82. The van der Waals surface area contributed by atoms with Gasteiger partial charge in [-0.15, -0.1) is 0 Å². The molecule has 16 heavy (non-hydrogen) atoms. The second-order valence-electron chi connectivity index (χ2n) is 3.04. The van der Waals surface area contributed by atoms with E-state index in [-0.39, 0.29) is 13.2 Å². The van der Waals surface area contributed by atoms with Crippen molar-refractivity contribution in [2.24, 2.45) is 0 Å². The molecule has 1 aromatic heterocycles. The van der Waals surface area contributed by atoms with E-state index in [1.54, 1.807) is 0 Å². The molecule has 1 aromatic rings. The zero-order valence-corrected chi connectivity index (χ0v) is 9.80. The maximum Gasteiger partial charge on any atom is 0.243 e. The summed E-state index contributed by atoms with van der Waals surface area (Å²) in [6.07, 6.45) is 6.19. The number of aliphatic hydroxyl groups is 2. The van der Waals surface area contributed by atoms with Crippen LogP contribution in [0.1, 0.15) is 0 Å². The molecule has 0 bridgehead atoms. The molecule has 1 heterocycles. The van der Waals surface area contributed by atoms with Crippen LogP contribution in [0.15, 0.2) is 18.7 Å². The van der Waals surface area contributed by atoms with Crippen LogP contribution >= 0.6 is 0 Å². The van der Waals surface area contributed by atoms with E-state index in [2.05, 4.69) is 0 Å². The summed E-state index contributed by atoms with van der Waals surface area (Å²) in [6, 6.07) is 0. The molecular formula is C8H16N2O5S. The van der Waals surface area contributed by atoms with Crippen LogP contribution in [0.25, 0.3) is 0 Å². The quantitative estimate of drug-likeness (QED) is 0.472. The first-order chi connectivity index (χ1) is 7.36. The molecule has 1 rings (SSSR count). The molecule has 0 spiro atoms. The number of hydrogen-bond acceptors (Lipinski definition) is 5. The minimum atomic E-state index is -3.92. The average molecular weight is 252 g/mol. The molecule has 0 aliphatic heterocycles. The smallest absolute Gasteiger partial charge is 0.243 e. The predicted molar refractivity (Wildman–Crippen MR) is 54.4 cm³/mol. The molecule has 0 unspecified atom stereocenters. The van der Waals surface area contributed by atoms with Gasteiger partial charge in [-0.25, -0.2) is 17.6 Å². The summed E-state index contributed by atoms with van der Waals surface area (Å²) in [4.78, 5) is 0. The molecule has 2 N–H and O–H groups in total. The fourth-order valence-electron chi connectivity index (χ4n) is 0.934. The summed E-state index contributed by atoms with van der Waals surface area (Å²) in [7, 11) is -3.92. The van der Waals surface area contributed by atoms with Crippen molar-refractivity contribution in [1.82, 2.24) is 4.57 Å². The SMILES string of the molecule is CS(=O)(=O)[O-].OCCn1cc[n+](CCO)c1. The first kappa shape index (κ1) is 15.0. The van der Waals surface area contributed by atoms with Gasteiger partial charge in [-0.2, -0.15) is 0 Å². The maximum atomic E-state index is 9.08. The molecule has 0 radical (unpaired) electrons. The van der Waals surface area contributed by atoms with Gasteiger partial charge in [0.2, 0.25) is 6.33 Å². The van der Waals surface area contributed by atoms with Gasteiger partial charge in [0.05, 0.1) is 23.3 Å². The van der Waals surface area contributed by atoms with Crippen molar-refractivity contribution in [3.8, 4) is 0 Å². The summed E-state index contributed by atoms with van der Waals surface area (Å²) >= 11 is 0. The molecule has 0 aliphatic carbocycles. The van der Waals surface area contributed by atoms with E-state index in [0.29, 0.717) is 19.3 Å². The molecule has 94 valence electrons. The number of imidazole rings is 1. The van der Waals surface area contributed by atoms with Gasteiger partial charge in [-0.05, 0) is 0 Å². The minimum Gasteiger partial charge on any atom is -0.748 e. The lowest BCUT2D eigenvalue weighted by Gasteiger charge is -1.90. The molecule has 0 saturated heterocycles. The third-order valence-corrected chi connectivity index (χ3v) is 1.46. The van der Waals surface area contributed by atoms with Gasteiger partial charge in [0.1, 0.15) is 25.5 Å². The lowest BCUT2D eigenvalue weighted by atomic mass is 10.7. The molecule has 0 aliphatic rings. The van der Waals surface area contributed by atoms with Crippen LogP contribution in [0, 0.1) is 0 Å². The Hall–Kier alpha value is -0.960. The summed E-state index contributed by atoms with van der Waals surface area (Å²) in [5, 5.41) is 17.2. The molecule has 0 aromatic carbocycles. The summed E-state index contributed by atoms with van der Waals surface area (Å²) in [5.74, 6) is 0. The Morgan fingerprint density at radius 1 is 1.38 bits per heavy atom. The highest BCUT2D eigenvalue weighted by Gasteiger charge is 2.00. The topological polar surface area (TPSA) is 106 Å². The summed E-state index contributed by atoms with van der Waals surface area (Å²) in [5.41, 5.74) is 0. The monoisotopic (exact) mass is 252 g/mol. The van der Waals surface area contributed by atoms with E-state index in [9.17, 15) is 0 Å². The fraction of sp³-hybridized carbons (Fsp3) is 0.625. The zero-order chi connectivity index (χ0) is 12.6. The highest BCUT2D eigenvalue weighted by molar-refractivity contribution is 7.84. The third-order valence-electron chi connectivity index (χ3n) is 1.46. The van der Waals surface area contributed by atoms with Crippen LogP contribution in [0.3, 0.4) is 0 Å². The number of nitrogens with zero attached hydrogens (tertiary/aromatic N) is 2. The summed E-state index contributed by atoms with van der Waals surface area (Å²) in [6.45, 7) is 1.51. The van der Waals surface area contributed by atoms with Crippen molar-refractivity contribution in [2.75, 3.05) is 19.5 Å². The fourth-order valence-corrected chi connectivity index (χ4v) is 0.934. The second kappa shape index (κ2) is 7.34. The number of aliphatic hydroxyl groups excluding tert-OH is 2. The molecule has 8 heteroatoms. The standard InChI is InChI=1S/C7H13N2O2.CH4O3S/c10-5-3-8-1-2-9(7-8)4-6-11;1-5(2,3)4/h1-2,7,10-11H,3-6H2;1H3,(H,2,3,4)/q+1;/p-1. The van der Waals surface area contributed by atoms with Crippen molar-refractivity contribution in [1.29, 1.82) is 0 Å². The molecule has 7 nitrogen and oxygen atoms in total. The molecule has 0 saturated carbocycles. The van der Waals surface area contributed by atoms with Crippen LogP contribution in [0.5, 0.6) is 0 Å². The Kier molecular flexibility index (Phi) is 6.90. The van der Waals surface area contributed by atoms with Gasteiger partial charge in [-0.1, -0.05) is 0 Å². The van der Waals surface area contributed by atoms with Crippen LogP contribution in [0.2, 0.25) is 0 Å². The molecule has 0 fully saturated rings. The van der Waals surface area contributed by atoms with E-state index in [1.807, 2.05) is 27.9 Å². The predicted octanol–water partition coefficient (Wildman–Crippen LogP) is -2.08. The maximum absolute atomic E-state index is 9.08. The lowest BCUT2D eigenvalue weighted by Crippen LogP contribution is -2.32. The lowest BCUT2D eigenvalue weighted by molar-refractivity contribution is -0.697. The van der Waals surface area contributed by atoms with Gasteiger partial charge in [-0.3, -0.25) is 0 Å². The molecule has 0 amide bonds. The first-order valence-corrected chi connectivity index (χ1v) is 6.36. The zero-order valence-electron chi connectivity index (χ0n) is 8.98. The van der Waals surface area contributed by atoms with Crippen LogP contribution in [0.4, 0.5) is 0 Å². The van der Waals surface area contributed by atoms with Crippen molar-refractivity contribution in [2.45, 2.75) is 13.1 Å². The van der Waals surface area contributed by atoms with Crippen LogP contribution in [-0.2, 0) is 23.2 Å². The van der Waals surface area contributed by atoms with Crippen molar-refractivity contribution < 1.29 is 27.8 Å². The van der Waals surface area contributed by atoms with Gasteiger partial charge in [0, 0.05) is 6.26 Å². The summed E-state index contributed by atoms with van der Waals surface area (Å²) < 4.78 is 31.0. The Labute approximate surface area is 94.3 Å². The highest BCUT2D eigenvalue weighted by atomic mass is 32.2. The van der Waals surface area contributed by atoms with Gasteiger partial charge in [0.15, 0.2) is 0 Å². The molecular weight excluding hydrogens is 236 g/mol. The normalized spacial score (nSPS) is 10.8. The van der Waals surface area contributed by atoms with Gasteiger partial charge in [0.25, 0.3) is 0 Å². The van der Waals surface area contributed by atoms with E-state index >= 15 is 0 Å². The largest absolute Gasteiger partial charge is 0.748 e. The van der Waals surface area contributed by atoms with Crippen LogP contribution in [-0.4, -0.2) is 47.2 Å². The van der Waals surface area contributed by atoms with E-state index in [0.717, 1.165) is 0 Å². The number of hydrogen-bond donors (Lipinski definition) is 2. The van der Waals surface area contributed by atoms with Crippen molar-refractivity contribution >= 4 is 10.1 Å². The van der Waals surface area contributed by atoms with Crippen LogP contribution < -0.4 is 4.57 Å². The average Bonchev–Trinajstić information content (AvgIpc) is 2.51. The number of aromatic nitrogens is 2. The molecule has 0 atom stereocenters. The Morgan fingerprint density at radius 3 is 2.38 bits per heavy atom. The number of rotatable bonds is 4. The Bertz CT molecular complexity index is 358. The van der Waals surface area contributed by atoms with Gasteiger partial charge < -0.3 is 14.8 Å². The van der Waals surface area contributed by atoms with Crippen molar-refractivity contribution in [3.63, 3.8) is 0 Å². The van der Waals surface area contributed by atoms with Crippen molar-refractivity contribution in [3.05, 3.63) is 18.7 Å². The Balaban J connectivity index is 0.000000385. The van der Waals surface area contributed by atoms with E-state index in [1.165, 1.54) is 0 Å².